The van der Waals surface area contributed by atoms with Crippen molar-refractivity contribution < 1.29 is 22.7 Å². The van der Waals surface area contributed by atoms with Crippen LogP contribution in [-0.4, -0.2) is 94.2 Å². The molecule has 0 aliphatic carbocycles. The lowest BCUT2D eigenvalue weighted by atomic mass is 10.0. The summed E-state index contributed by atoms with van der Waals surface area (Å²) in [6.45, 7) is 7.22. The van der Waals surface area contributed by atoms with E-state index in [1.54, 1.807) is 12.1 Å². The minimum atomic E-state index is -3.70. The van der Waals surface area contributed by atoms with E-state index < -0.39 is 10.0 Å². The minimum Gasteiger partial charge on any atom is -0.379 e. The van der Waals surface area contributed by atoms with Crippen molar-refractivity contribution in [2.45, 2.75) is 36.0 Å². The lowest BCUT2D eigenvalue weighted by Gasteiger charge is -2.31. The Morgan fingerprint density at radius 2 is 2.03 bits per heavy atom. The van der Waals surface area contributed by atoms with E-state index in [0.717, 1.165) is 36.9 Å². The molecular weight excluding hydrogens is 476 g/mol. The second kappa shape index (κ2) is 11.4. The fourth-order valence-corrected chi connectivity index (χ4v) is 7.02. The van der Waals surface area contributed by atoms with Crippen molar-refractivity contribution in [3.05, 3.63) is 18.2 Å². The Bertz CT molecular complexity index is 997. The van der Waals surface area contributed by atoms with E-state index in [2.05, 4.69) is 17.1 Å². The van der Waals surface area contributed by atoms with Crippen LogP contribution in [0.25, 0.3) is 0 Å². The van der Waals surface area contributed by atoms with E-state index in [-0.39, 0.29) is 29.0 Å². The average Bonchev–Trinajstić information content (AvgIpc) is 2.84. The molecule has 34 heavy (non-hydrogen) atoms. The number of ether oxygens (including phenoxy) is 1. The molecule has 0 unspecified atom stereocenters. The summed E-state index contributed by atoms with van der Waals surface area (Å²) in [6, 6.07) is 4.82. The molecule has 1 N–H and O–H groups in total. The summed E-state index contributed by atoms with van der Waals surface area (Å²) in [7, 11) is -3.70. The average molecular weight is 511 g/mol. The Kier molecular flexibility index (Phi) is 8.52. The number of piperidine rings is 1. The zero-order valence-corrected chi connectivity index (χ0v) is 21.3. The molecule has 1 aromatic rings. The van der Waals surface area contributed by atoms with Crippen molar-refractivity contribution in [2.24, 2.45) is 5.92 Å². The Hall–Kier alpha value is -1.66. The van der Waals surface area contributed by atoms with Crippen LogP contribution in [0.4, 0.5) is 5.69 Å². The van der Waals surface area contributed by atoms with Gasteiger partial charge in [0.1, 0.15) is 6.54 Å². The normalized spacial score (nSPS) is 22.4. The number of hydrogen-bond donors (Lipinski definition) is 1. The molecule has 3 aliphatic rings. The first-order valence-corrected chi connectivity index (χ1v) is 14.4. The predicted molar refractivity (Wildman–Crippen MR) is 132 cm³/mol. The number of morpholine rings is 1. The number of thioether (sulfide) groups is 1. The molecule has 0 bridgehead atoms. The van der Waals surface area contributed by atoms with Crippen LogP contribution in [0.3, 0.4) is 0 Å². The molecule has 1 aromatic carbocycles. The van der Waals surface area contributed by atoms with Crippen LogP contribution in [0.5, 0.6) is 0 Å². The molecule has 1 atom stereocenters. The van der Waals surface area contributed by atoms with Crippen molar-refractivity contribution in [3.8, 4) is 0 Å². The Balaban J connectivity index is 1.37. The Labute approximate surface area is 206 Å². The molecule has 0 saturated carbocycles. The third-order valence-corrected chi connectivity index (χ3v) is 9.44. The number of benzene rings is 1. The minimum absolute atomic E-state index is 0.117. The summed E-state index contributed by atoms with van der Waals surface area (Å²) in [5.41, 5.74) is 0.480. The molecule has 0 spiro atoms. The summed E-state index contributed by atoms with van der Waals surface area (Å²) < 4.78 is 32.8. The van der Waals surface area contributed by atoms with Crippen LogP contribution in [0.15, 0.2) is 28.0 Å². The maximum Gasteiger partial charge on any atom is 0.243 e. The summed E-state index contributed by atoms with van der Waals surface area (Å²) in [5.74, 6) is 0.516. The molecule has 2 fully saturated rings. The number of hydrogen-bond acceptors (Lipinski definition) is 7. The van der Waals surface area contributed by atoms with E-state index in [1.807, 2.05) is 0 Å². The Morgan fingerprint density at radius 3 is 2.79 bits per heavy atom. The molecule has 2 amide bonds. The molecule has 9 nitrogen and oxygen atoms in total. The van der Waals surface area contributed by atoms with Gasteiger partial charge in [0.05, 0.1) is 29.5 Å². The first-order chi connectivity index (χ1) is 16.3. The van der Waals surface area contributed by atoms with Gasteiger partial charge in [0.2, 0.25) is 21.8 Å². The standard InChI is InChI=1S/C23H34N4O5S2/c1-18-4-2-8-25(15-18)9-3-7-24-22(28)16-27-20-14-19(5-6-21(20)33-17-23(27)29)34(30,31)26-10-12-32-13-11-26/h5-6,14,18H,2-4,7-13,15-17H2,1H3,(H,24,28)/t18-/m0/s1. The van der Waals surface area contributed by atoms with Gasteiger partial charge in [0.15, 0.2) is 0 Å². The van der Waals surface area contributed by atoms with Crippen molar-refractivity contribution in [1.82, 2.24) is 14.5 Å². The summed E-state index contributed by atoms with van der Waals surface area (Å²) in [5, 5.41) is 2.92. The van der Waals surface area contributed by atoms with Gasteiger partial charge in [-0.15, -0.1) is 11.8 Å². The highest BCUT2D eigenvalue weighted by molar-refractivity contribution is 8.00. The van der Waals surface area contributed by atoms with Crippen molar-refractivity contribution in [1.29, 1.82) is 0 Å². The van der Waals surface area contributed by atoms with Crippen molar-refractivity contribution in [3.63, 3.8) is 0 Å². The van der Waals surface area contributed by atoms with Gasteiger partial charge in [-0.2, -0.15) is 4.31 Å². The summed E-state index contributed by atoms with van der Waals surface area (Å²) in [4.78, 5) is 30.1. The van der Waals surface area contributed by atoms with E-state index in [1.165, 1.54) is 39.9 Å². The number of fused-ring (bicyclic) bond motifs is 1. The molecular formula is C23H34N4O5S2. The van der Waals surface area contributed by atoms with E-state index in [4.69, 9.17) is 4.74 Å². The SMILES string of the molecule is C[C@H]1CCCN(CCCNC(=O)CN2C(=O)CSc3ccc(S(=O)(=O)N4CCOCC4)cc32)C1. The lowest BCUT2D eigenvalue weighted by Crippen LogP contribution is -2.44. The summed E-state index contributed by atoms with van der Waals surface area (Å²) >= 11 is 1.36. The fraction of sp³-hybridized carbons (Fsp3) is 0.652. The predicted octanol–water partition coefficient (Wildman–Crippen LogP) is 1.38. The number of nitrogens with one attached hydrogen (secondary N) is 1. The van der Waals surface area contributed by atoms with E-state index >= 15 is 0 Å². The van der Waals surface area contributed by atoms with E-state index in [9.17, 15) is 18.0 Å². The number of likely N-dealkylation sites (tertiary alicyclic amines) is 1. The highest BCUT2D eigenvalue weighted by Crippen LogP contribution is 2.37. The number of carbonyl (C=O) groups is 2. The summed E-state index contributed by atoms with van der Waals surface area (Å²) in [6.07, 6.45) is 3.37. The highest BCUT2D eigenvalue weighted by atomic mass is 32.2. The number of rotatable bonds is 8. The van der Waals surface area contributed by atoms with Gasteiger partial charge in [0, 0.05) is 31.1 Å². The van der Waals surface area contributed by atoms with Crippen LogP contribution in [-0.2, 0) is 24.3 Å². The van der Waals surface area contributed by atoms with Crippen LogP contribution in [0.1, 0.15) is 26.2 Å². The molecule has 4 rings (SSSR count). The van der Waals surface area contributed by atoms with Gasteiger partial charge in [-0.05, 0) is 56.5 Å². The van der Waals surface area contributed by atoms with Crippen LogP contribution < -0.4 is 10.2 Å². The molecule has 11 heteroatoms. The smallest absolute Gasteiger partial charge is 0.243 e. The van der Waals surface area contributed by atoms with Gasteiger partial charge in [-0.1, -0.05) is 6.92 Å². The number of carbonyl (C=O) groups excluding carboxylic acids is 2. The molecule has 2 saturated heterocycles. The second-order valence-corrected chi connectivity index (χ2v) is 12.1. The van der Waals surface area contributed by atoms with Gasteiger partial charge >= 0.3 is 0 Å². The van der Waals surface area contributed by atoms with Crippen LogP contribution >= 0.6 is 11.8 Å². The van der Waals surface area contributed by atoms with Gasteiger partial charge in [0.25, 0.3) is 0 Å². The highest BCUT2D eigenvalue weighted by Gasteiger charge is 2.31. The third kappa shape index (κ3) is 6.12. The zero-order valence-electron chi connectivity index (χ0n) is 19.7. The maximum absolute atomic E-state index is 13.1. The molecule has 3 aliphatic heterocycles. The first kappa shape index (κ1) is 25.4. The van der Waals surface area contributed by atoms with Crippen molar-refractivity contribution in [2.75, 3.05) is 69.7 Å². The number of sulfonamides is 1. The third-order valence-electron chi connectivity index (χ3n) is 6.50. The van der Waals surface area contributed by atoms with E-state index in [0.29, 0.717) is 38.5 Å². The van der Waals surface area contributed by atoms with Crippen molar-refractivity contribution >= 4 is 39.3 Å². The lowest BCUT2D eigenvalue weighted by molar-refractivity contribution is -0.123. The Morgan fingerprint density at radius 1 is 1.24 bits per heavy atom. The second-order valence-electron chi connectivity index (χ2n) is 9.17. The molecule has 188 valence electrons. The van der Waals surface area contributed by atoms with Gasteiger partial charge in [-0.3, -0.25) is 9.59 Å². The molecule has 3 heterocycles. The molecule has 0 radical (unpaired) electrons. The van der Waals surface area contributed by atoms with Crippen LogP contribution in [0, 0.1) is 5.92 Å². The van der Waals surface area contributed by atoms with Gasteiger partial charge in [-0.25, -0.2) is 8.42 Å². The number of nitrogens with zero attached hydrogens (tertiary/aromatic N) is 3. The van der Waals surface area contributed by atoms with Gasteiger partial charge < -0.3 is 19.9 Å². The number of amides is 2. The first-order valence-electron chi connectivity index (χ1n) is 12.0. The zero-order chi connectivity index (χ0) is 24.1. The topological polar surface area (TPSA) is 99.3 Å². The monoisotopic (exact) mass is 510 g/mol. The molecule has 0 aromatic heterocycles. The van der Waals surface area contributed by atoms with Crippen LogP contribution in [0.2, 0.25) is 0 Å². The fourth-order valence-electron chi connectivity index (χ4n) is 4.67. The largest absolute Gasteiger partial charge is 0.379 e. The maximum atomic E-state index is 13.1. The number of anilines is 1. The quantitative estimate of drug-likeness (QED) is 0.528.